The Labute approximate surface area is 158 Å². The van der Waals surface area contributed by atoms with E-state index in [9.17, 15) is 9.59 Å². The predicted molar refractivity (Wildman–Crippen MR) is 103 cm³/mol. The molecule has 7 heteroatoms. The van der Waals surface area contributed by atoms with E-state index < -0.39 is 0 Å². The number of benzene rings is 1. The van der Waals surface area contributed by atoms with Gasteiger partial charge in [-0.1, -0.05) is 6.07 Å². The Kier molecular flexibility index (Phi) is 4.59. The summed E-state index contributed by atoms with van der Waals surface area (Å²) < 4.78 is 5.75. The summed E-state index contributed by atoms with van der Waals surface area (Å²) in [5.41, 5.74) is 3.29. The second kappa shape index (κ2) is 7.06. The maximum atomic E-state index is 12.9. The normalized spacial score (nSPS) is 19.9. The number of amides is 2. The summed E-state index contributed by atoms with van der Waals surface area (Å²) in [5.74, 6) is -0.0383. The number of carbonyl (C=O) groups excluding carboxylic acids is 2. The molecule has 1 N–H and O–H groups in total. The van der Waals surface area contributed by atoms with E-state index in [-0.39, 0.29) is 24.1 Å². The van der Waals surface area contributed by atoms with Crippen molar-refractivity contribution in [3.63, 3.8) is 0 Å². The molecule has 142 valence electrons. The highest BCUT2D eigenvalue weighted by molar-refractivity contribution is 6.03. The van der Waals surface area contributed by atoms with Gasteiger partial charge in [-0.25, -0.2) is 4.79 Å². The van der Waals surface area contributed by atoms with Crippen LogP contribution >= 0.6 is 0 Å². The third kappa shape index (κ3) is 3.29. The lowest BCUT2D eigenvalue weighted by atomic mass is 10.0. The first-order chi connectivity index (χ1) is 13.0. The van der Waals surface area contributed by atoms with Crippen LogP contribution in [-0.2, 0) is 9.53 Å². The number of aromatic amines is 1. The summed E-state index contributed by atoms with van der Waals surface area (Å²) in [6.45, 7) is 3.91. The Morgan fingerprint density at radius 3 is 2.63 bits per heavy atom. The molecule has 0 radical (unpaired) electrons. The maximum Gasteiger partial charge on any atom is 0.414 e. The molecular formula is C20H24N4O3. The van der Waals surface area contributed by atoms with Crippen LogP contribution in [0.25, 0.3) is 11.1 Å². The van der Waals surface area contributed by atoms with Gasteiger partial charge in [-0.15, -0.1) is 0 Å². The highest BCUT2D eigenvalue weighted by Crippen LogP contribution is 2.39. The number of hydrogen-bond donors (Lipinski definition) is 1. The average molecular weight is 368 g/mol. The number of nitrogens with zero attached hydrogens (tertiary/aromatic N) is 3. The van der Waals surface area contributed by atoms with E-state index in [1.807, 2.05) is 25.1 Å². The Hall–Kier alpha value is -2.83. The van der Waals surface area contributed by atoms with Gasteiger partial charge in [0.15, 0.2) is 0 Å². The minimum atomic E-state index is -0.331. The molecule has 2 aromatic rings. The quantitative estimate of drug-likeness (QED) is 0.876. The van der Waals surface area contributed by atoms with Crippen molar-refractivity contribution in [2.45, 2.75) is 51.7 Å². The van der Waals surface area contributed by atoms with E-state index in [4.69, 9.17) is 4.74 Å². The zero-order valence-corrected chi connectivity index (χ0v) is 15.6. The fourth-order valence-corrected chi connectivity index (χ4v) is 4.08. The molecule has 0 bridgehead atoms. The van der Waals surface area contributed by atoms with Crippen molar-refractivity contribution in [2.75, 3.05) is 16.3 Å². The van der Waals surface area contributed by atoms with Crippen LogP contribution in [0, 0.1) is 0 Å². The molecule has 2 heterocycles. The number of carbonyl (C=O) groups is 2. The van der Waals surface area contributed by atoms with E-state index in [0.29, 0.717) is 12.2 Å². The van der Waals surface area contributed by atoms with Crippen molar-refractivity contribution < 1.29 is 14.3 Å². The Morgan fingerprint density at radius 2 is 1.96 bits per heavy atom. The number of ether oxygens (including phenoxy) is 1. The minimum absolute atomic E-state index is 0.000788. The summed E-state index contributed by atoms with van der Waals surface area (Å²) in [7, 11) is 0. The topological polar surface area (TPSA) is 78.5 Å². The first-order valence-electron chi connectivity index (χ1n) is 9.45. The van der Waals surface area contributed by atoms with E-state index in [1.165, 1.54) is 0 Å². The van der Waals surface area contributed by atoms with Crippen LogP contribution in [0.4, 0.5) is 16.2 Å². The molecule has 27 heavy (non-hydrogen) atoms. The van der Waals surface area contributed by atoms with Gasteiger partial charge < -0.3 is 9.64 Å². The van der Waals surface area contributed by atoms with Crippen LogP contribution in [0.1, 0.15) is 39.5 Å². The standard InChI is InChI=1S/C20H24N4O3/c1-13-12-23(20(26)27-17-5-3-4-6-17)19-9-15(16-10-21-22-11-16)7-8-18(19)24(13)14(2)25/h7-11,13,17H,3-6,12H2,1-2H3,(H,21,22). The van der Waals surface area contributed by atoms with Gasteiger partial charge >= 0.3 is 6.09 Å². The molecule has 1 aromatic carbocycles. The van der Waals surface area contributed by atoms with Gasteiger partial charge in [-0.3, -0.25) is 14.8 Å². The third-order valence-corrected chi connectivity index (χ3v) is 5.37. The monoisotopic (exact) mass is 368 g/mol. The van der Waals surface area contributed by atoms with Crippen molar-refractivity contribution >= 4 is 23.4 Å². The van der Waals surface area contributed by atoms with Gasteiger partial charge in [0.2, 0.25) is 5.91 Å². The van der Waals surface area contributed by atoms with E-state index in [0.717, 1.165) is 42.5 Å². The molecule has 0 saturated heterocycles. The van der Waals surface area contributed by atoms with Crippen LogP contribution in [0.5, 0.6) is 0 Å². The van der Waals surface area contributed by atoms with Gasteiger partial charge in [0.1, 0.15) is 6.10 Å². The van der Waals surface area contributed by atoms with E-state index in [1.54, 1.807) is 29.1 Å². The van der Waals surface area contributed by atoms with E-state index in [2.05, 4.69) is 10.2 Å². The highest BCUT2D eigenvalue weighted by atomic mass is 16.6. The molecule has 1 fully saturated rings. The molecule has 1 aromatic heterocycles. The van der Waals surface area contributed by atoms with Crippen LogP contribution < -0.4 is 9.80 Å². The van der Waals surface area contributed by atoms with Gasteiger partial charge in [0, 0.05) is 25.2 Å². The first-order valence-corrected chi connectivity index (χ1v) is 9.45. The molecular weight excluding hydrogens is 344 g/mol. The number of hydrogen-bond acceptors (Lipinski definition) is 4. The molecule has 1 aliphatic carbocycles. The second-order valence-electron chi connectivity index (χ2n) is 7.33. The number of H-pyrrole nitrogens is 1. The van der Waals surface area contributed by atoms with Crippen molar-refractivity contribution in [1.29, 1.82) is 0 Å². The number of nitrogens with one attached hydrogen (secondary N) is 1. The lowest BCUT2D eigenvalue weighted by Gasteiger charge is -2.40. The lowest BCUT2D eigenvalue weighted by Crippen LogP contribution is -2.51. The molecule has 7 nitrogen and oxygen atoms in total. The second-order valence-corrected chi connectivity index (χ2v) is 7.33. The molecule has 1 saturated carbocycles. The van der Waals surface area contributed by atoms with Gasteiger partial charge in [-0.2, -0.15) is 5.10 Å². The fourth-order valence-electron chi connectivity index (χ4n) is 4.08. The number of aromatic nitrogens is 2. The van der Waals surface area contributed by atoms with Crippen LogP contribution in [0.2, 0.25) is 0 Å². The summed E-state index contributed by atoms with van der Waals surface area (Å²) in [5, 5.41) is 6.80. The predicted octanol–water partition coefficient (Wildman–Crippen LogP) is 3.72. The average Bonchev–Trinajstić information content (AvgIpc) is 3.34. The summed E-state index contributed by atoms with van der Waals surface area (Å²) in [6, 6.07) is 5.64. The summed E-state index contributed by atoms with van der Waals surface area (Å²) in [4.78, 5) is 28.5. The fraction of sp³-hybridized carbons (Fsp3) is 0.450. The zero-order chi connectivity index (χ0) is 19.0. The lowest BCUT2D eigenvalue weighted by molar-refractivity contribution is -0.117. The van der Waals surface area contributed by atoms with E-state index >= 15 is 0 Å². The number of anilines is 2. The minimum Gasteiger partial charge on any atom is -0.446 e. The zero-order valence-electron chi connectivity index (χ0n) is 15.6. The molecule has 2 aliphatic rings. The molecule has 1 unspecified atom stereocenters. The van der Waals surface area contributed by atoms with Crippen molar-refractivity contribution in [3.8, 4) is 11.1 Å². The summed E-state index contributed by atoms with van der Waals surface area (Å²) >= 11 is 0. The largest absolute Gasteiger partial charge is 0.446 e. The van der Waals surface area contributed by atoms with Crippen molar-refractivity contribution in [3.05, 3.63) is 30.6 Å². The molecule has 4 rings (SSSR count). The van der Waals surface area contributed by atoms with Crippen molar-refractivity contribution in [1.82, 2.24) is 10.2 Å². The van der Waals surface area contributed by atoms with Crippen LogP contribution in [-0.4, -0.2) is 40.9 Å². The van der Waals surface area contributed by atoms with Crippen LogP contribution in [0.15, 0.2) is 30.6 Å². The number of rotatable bonds is 2. The van der Waals surface area contributed by atoms with Gasteiger partial charge in [-0.05, 0) is 50.3 Å². The Balaban J connectivity index is 1.72. The third-order valence-electron chi connectivity index (χ3n) is 5.37. The van der Waals surface area contributed by atoms with Crippen LogP contribution in [0.3, 0.4) is 0 Å². The molecule has 1 aliphatic heterocycles. The first kappa shape index (κ1) is 17.6. The summed E-state index contributed by atoms with van der Waals surface area (Å²) in [6.07, 6.45) is 7.27. The molecule has 1 atom stereocenters. The highest BCUT2D eigenvalue weighted by Gasteiger charge is 2.35. The maximum absolute atomic E-state index is 12.9. The molecule has 0 spiro atoms. The SMILES string of the molecule is CC(=O)N1c2ccc(-c3cn[nH]c3)cc2N(C(=O)OC2CCCC2)CC1C. The van der Waals surface area contributed by atoms with Gasteiger partial charge in [0.25, 0.3) is 0 Å². The Morgan fingerprint density at radius 1 is 1.19 bits per heavy atom. The Bertz CT molecular complexity index is 843. The van der Waals surface area contributed by atoms with Gasteiger partial charge in [0.05, 0.1) is 23.6 Å². The molecule has 2 amide bonds. The van der Waals surface area contributed by atoms with Crippen molar-refractivity contribution in [2.24, 2.45) is 0 Å². The smallest absolute Gasteiger partial charge is 0.414 e. The number of fused-ring (bicyclic) bond motifs is 1.